The Kier molecular flexibility index (Phi) is 2.87. The monoisotopic (exact) mass is 264 g/mol. The highest BCUT2D eigenvalue weighted by molar-refractivity contribution is 7.17. The summed E-state index contributed by atoms with van der Waals surface area (Å²) < 4.78 is 5.75. The van der Waals surface area contributed by atoms with Crippen LogP contribution in [0.15, 0.2) is 16.2 Å². The van der Waals surface area contributed by atoms with Crippen LogP contribution in [-0.2, 0) is 16.1 Å². The first kappa shape index (κ1) is 11.4. The fraction of sp³-hybridized carbons (Fsp3) is 0.417. The van der Waals surface area contributed by atoms with Crippen LogP contribution in [0.4, 0.5) is 0 Å². The number of nitrogens with zero attached hydrogens (tertiary/aromatic N) is 1. The lowest BCUT2D eigenvalue weighted by atomic mass is 9.86. The van der Waals surface area contributed by atoms with Gasteiger partial charge in [0.15, 0.2) is 0 Å². The first-order valence-corrected chi connectivity index (χ1v) is 6.75. The summed E-state index contributed by atoms with van der Waals surface area (Å²) in [6.45, 7) is 0.0381. The molecule has 0 unspecified atom stereocenters. The highest BCUT2D eigenvalue weighted by Crippen LogP contribution is 2.27. The minimum Gasteiger partial charge on any atom is -0.457 e. The zero-order chi connectivity index (χ0) is 12.5. The molecule has 1 aliphatic carbocycles. The van der Waals surface area contributed by atoms with Gasteiger partial charge in [-0.15, -0.1) is 11.3 Å². The summed E-state index contributed by atoms with van der Waals surface area (Å²) in [5.41, 5.74) is 0.475. The number of esters is 1. The molecular weight excluding hydrogens is 252 g/mol. The number of hydrogen-bond donors (Lipinski definition) is 1. The summed E-state index contributed by atoms with van der Waals surface area (Å²) >= 11 is 1.35. The number of H-pyrrole nitrogens is 1. The lowest BCUT2D eigenvalue weighted by Gasteiger charge is -2.22. The van der Waals surface area contributed by atoms with Crippen molar-refractivity contribution in [3.05, 3.63) is 27.6 Å². The average Bonchev–Trinajstić information content (AvgIpc) is 2.72. The molecule has 0 radical (unpaired) electrons. The maximum Gasteiger partial charge on any atom is 0.309 e. The van der Waals surface area contributed by atoms with Crippen LogP contribution in [0.2, 0.25) is 0 Å². The van der Waals surface area contributed by atoms with Crippen molar-refractivity contribution < 1.29 is 9.53 Å². The van der Waals surface area contributed by atoms with E-state index in [2.05, 4.69) is 9.97 Å². The molecule has 1 N–H and O–H groups in total. The van der Waals surface area contributed by atoms with Gasteiger partial charge in [0.2, 0.25) is 0 Å². The lowest BCUT2D eigenvalue weighted by molar-refractivity contribution is -0.153. The summed E-state index contributed by atoms with van der Waals surface area (Å²) in [4.78, 5) is 30.1. The van der Waals surface area contributed by atoms with E-state index in [1.165, 1.54) is 11.3 Å². The molecule has 3 rings (SSSR count). The van der Waals surface area contributed by atoms with Crippen molar-refractivity contribution in [1.82, 2.24) is 9.97 Å². The SMILES string of the molecule is O=C(OCc1nc2ccsc2c(=O)[nH]1)C1CCC1. The molecule has 0 aromatic carbocycles. The average molecular weight is 264 g/mol. The Morgan fingerprint density at radius 2 is 2.39 bits per heavy atom. The van der Waals surface area contributed by atoms with Gasteiger partial charge in [0.05, 0.1) is 11.4 Å². The van der Waals surface area contributed by atoms with E-state index in [1.807, 2.05) is 5.38 Å². The van der Waals surface area contributed by atoms with E-state index in [0.29, 0.717) is 16.0 Å². The Bertz CT molecular complexity index is 642. The van der Waals surface area contributed by atoms with Gasteiger partial charge >= 0.3 is 5.97 Å². The third kappa shape index (κ3) is 2.03. The predicted octanol–water partition coefficient (Wildman–Crippen LogP) is 1.83. The Labute approximate surface area is 107 Å². The van der Waals surface area contributed by atoms with E-state index in [4.69, 9.17) is 4.74 Å². The number of nitrogens with one attached hydrogen (secondary N) is 1. The van der Waals surface area contributed by atoms with Gasteiger partial charge in [-0.05, 0) is 24.3 Å². The van der Waals surface area contributed by atoms with Crippen molar-refractivity contribution in [3.8, 4) is 0 Å². The first-order chi connectivity index (χ1) is 8.74. The zero-order valence-corrected chi connectivity index (χ0v) is 10.5. The van der Waals surface area contributed by atoms with Gasteiger partial charge in [-0.1, -0.05) is 6.42 Å². The molecule has 0 amide bonds. The number of aromatic amines is 1. The van der Waals surface area contributed by atoms with Gasteiger partial charge in [-0.3, -0.25) is 9.59 Å². The Hall–Kier alpha value is -1.69. The molecule has 1 saturated carbocycles. The molecule has 6 heteroatoms. The minimum absolute atomic E-state index is 0.0381. The molecule has 1 fully saturated rings. The number of rotatable bonds is 3. The molecule has 2 aromatic heterocycles. The second-order valence-electron chi connectivity index (χ2n) is 4.38. The standard InChI is InChI=1S/C12H12N2O3S/c15-11-10-8(4-5-18-10)13-9(14-11)6-17-12(16)7-2-1-3-7/h4-5,7H,1-3,6H2,(H,13,14,15). The van der Waals surface area contributed by atoms with Crippen LogP contribution in [-0.4, -0.2) is 15.9 Å². The molecule has 2 heterocycles. The Balaban J connectivity index is 1.74. The number of carbonyl (C=O) groups is 1. The molecule has 0 spiro atoms. The quantitative estimate of drug-likeness (QED) is 0.858. The summed E-state index contributed by atoms with van der Waals surface area (Å²) in [5, 5.41) is 1.82. The Morgan fingerprint density at radius 3 is 3.11 bits per heavy atom. The van der Waals surface area contributed by atoms with Gasteiger partial charge in [0, 0.05) is 0 Å². The van der Waals surface area contributed by atoms with Gasteiger partial charge in [0.1, 0.15) is 17.1 Å². The zero-order valence-electron chi connectivity index (χ0n) is 9.64. The van der Waals surface area contributed by atoms with E-state index >= 15 is 0 Å². The molecule has 0 bridgehead atoms. The van der Waals surface area contributed by atoms with Gasteiger partial charge < -0.3 is 9.72 Å². The second-order valence-corrected chi connectivity index (χ2v) is 5.30. The van der Waals surface area contributed by atoms with E-state index in [9.17, 15) is 9.59 Å². The van der Waals surface area contributed by atoms with Crippen LogP contribution < -0.4 is 5.56 Å². The fourth-order valence-corrected chi connectivity index (χ4v) is 2.62. The smallest absolute Gasteiger partial charge is 0.309 e. The molecular formula is C12H12N2O3S. The maximum atomic E-state index is 11.7. The molecule has 5 nitrogen and oxygen atoms in total. The molecule has 0 saturated heterocycles. The molecule has 0 aliphatic heterocycles. The number of ether oxygens (including phenoxy) is 1. The largest absolute Gasteiger partial charge is 0.457 e. The highest BCUT2D eigenvalue weighted by atomic mass is 32.1. The molecule has 1 aliphatic rings. The summed E-state index contributed by atoms with van der Waals surface area (Å²) in [5.74, 6) is 0.259. The van der Waals surface area contributed by atoms with Gasteiger partial charge in [0.25, 0.3) is 5.56 Å². The van der Waals surface area contributed by atoms with Gasteiger partial charge in [-0.25, -0.2) is 4.98 Å². The Morgan fingerprint density at radius 1 is 1.56 bits per heavy atom. The minimum atomic E-state index is -0.186. The number of aromatic nitrogens is 2. The summed E-state index contributed by atoms with van der Waals surface area (Å²) in [7, 11) is 0. The first-order valence-electron chi connectivity index (χ1n) is 5.87. The molecule has 2 aromatic rings. The van der Waals surface area contributed by atoms with Crippen LogP contribution in [0.3, 0.4) is 0 Å². The fourth-order valence-electron chi connectivity index (χ4n) is 1.89. The third-order valence-corrected chi connectivity index (χ3v) is 4.06. The normalized spacial score (nSPS) is 15.6. The van der Waals surface area contributed by atoms with Crippen molar-refractivity contribution in [1.29, 1.82) is 0 Å². The number of fused-ring (bicyclic) bond motifs is 1. The number of thiophene rings is 1. The van der Waals surface area contributed by atoms with Crippen molar-refractivity contribution in [2.75, 3.05) is 0 Å². The van der Waals surface area contributed by atoms with Crippen molar-refractivity contribution in [3.63, 3.8) is 0 Å². The van der Waals surface area contributed by atoms with Crippen molar-refractivity contribution in [2.24, 2.45) is 5.92 Å². The molecule has 18 heavy (non-hydrogen) atoms. The lowest BCUT2D eigenvalue weighted by Crippen LogP contribution is -2.24. The van der Waals surface area contributed by atoms with Crippen LogP contribution in [0.5, 0.6) is 0 Å². The van der Waals surface area contributed by atoms with Crippen LogP contribution in [0.25, 0.3) is 10.2 Å². The van der Waals surface area contributed by atoms with Crippen molar-refractivity contribution in [2.45, 2.75) is 25.9 Å². The number of carbonyl (C=O) groups excluding carboxylic acids is 1. The van der Waals surface area contributed by atoms with E-state index in [-0.39, 0.29) is 24.1 Å². The summed E-state index contributed by atoms with van der Waals surface area (Å²) in [6, 6.07) is 1.78. The maximum absolute atomic E-state index is 11.7. The van der Waals surface area contributed by atoms with E-state index < -0.39 is 0 Å². The van der Waals surface area contributed by atoms with Crippen LogP contribution >= 0.6 is 11.3 Å². The van der Waals surface area contributed by atoms with Crippen LogP contribution in [0.1, 0.15) is 25.1 Å². The topological polar surface area (TPSA) is 72.0 Å². The number of hydrogen-bond acceptors (Lipinski definition) is 5. The highest BCUT2D eigenvalue weighted by Gasteiger charge is 2.26. The van der Waals surface area contributed by atoms with Crippen molar-refractivity contribution >= 4 is 27.5 Å². The molecule has 0 atom stereocenters. The predicted molar refractivity (Wildman–Crippen MR) is 67.4 cm³/mol. The van der Waals surface area contributed by atoms with Gasteiger partial charge in [-0.2, -0.15) is 0 Å². The molecule has 94 valence electrons. The van der Waals surface area contributed by atoms with E-state index in [0.717, 1.165) is 19.3 Å². The van der Waals surface area contributed by atoms with Crippen LogP contribution in [0, 0.1) is 5.92 Å². The second kappa shape index (κ2) is 4.53. The summed E-state index contributed by atoms with van der Waals surface area (Å²) in [6.07, 6.45) is 2.91. The van der Waals surface area contributed by atoms with E-state index in [1.54, 1.807) is 6.07 Å². The third-order valence-electron chi connectivity index (χ3n) is 3.15.